The first-order valence-corrected chi connectivity index (χ1v) is 3.85. The summed E-state index contributed by atoms with van der Waals surface area (Å²) in [6.07, 6.45) is 3.26. The average molecular weight is 178 g/mol. The van der Waals surface area contributed by atoms with E-state index in [0.29, 0.717) is 0 Å². The topological polar surface area (TPSA) is 81.9 Å². The number of hydrogen-bond acceptors (Lipinski definition) is 3. The third-order valence-electron chi connectivity index (χ3n) is 1.80. The van der Waals surface area contributed by atoms with Gasteiger partial charge >= 0.3 is 0 Å². The minimum atomic E-state index is -0.529. The van der Waals surface area contributed by atoms with Gasteiger partial charge < -0.3 is 5.11 Å². The predicted molar refractivity (Wildman–Crippen MR) is 47.9 cm³/mol. The van der Waals surface area contributed by atoms with E-state index in [1.807, 2.05) is 13.0 Å². The molecule has 0 aliphatic rings. The van der Waals surface area contributed by atoms with E-state index in [4.69, 9.17) is 10.6 Å². The Labute approximate surface area is 75.7 Å². The van der Waals surface area contributed by atoms with Crippen LogP contribution in [0.25, 0.3) is 10.4 Å². The predicted octanol–water partition coefficient (Wildman–Crippen LogP) is 1.73. The minimum Gasteiger partial charge on any atom is -0.396 e. The lowest BCUT2D eigenvalue weighted by Crippen LogP contribution is -2.02. The minimum absolute atomic E-state index is 0.198. The van der Waals surface area contributed by atoms with Gasteiger partial charge in [-0.15, -0.1) is 0 Å². The normalized spacial score (nSPS) is 11.8. The third kappa shape index (κ3) is 2.18. The molecule has 0 amide bonds. The largest absolute Gasteiger partial charge is 0.396 e. The van der Waals surface area contributed by atoms with Crippen molar-refractivity contribution in [1.29, 1.82) is 0 Å². The summed E-state index contributed by atoms with van der Waals surface area (Å²) in [7, 11) is 0. The molecule has 68 valence electrons. The third-order valence-corrected chi connectivity index (χ3v) is 1.80. The smallest absolute Gasteiger partial charge is 0.0873 e. The van der Waals surface area contributed by atoms with Crippen molar-refractivity contribution in [2.75, 3.05) is 6.61 Å². The number of azide groups is 1. The van der Waals surface area contributed by atoms with Crippen molar-refractivity contribution in [3.8, 4) is 0 Å². The molecule has 1 unspecified atom stereocenters. The molecule has 1 heterocycles. The van der Waals surface area contributed by atoms with Gasteiger partial charge in [0.1, 0.15) is 0 Å². The van der Waals surface area contributed by atoms with Gasteiger partial charge in [0.15, 0.2) is 0 Å². The van der Waals surface area contributed by atoms with Crippen molar-refractivity contribution in [2.24, 2.45) is 5.11 Å². The van der Waals surface area contributed by atoms with E-state index in [-0.39, 0.29) is 6.61 Å². The van der Waals surface area contributed by atoms with Gasteiger partial charge in [0.2, 0.25) is 0 Å². The molecule has 0 aliphatic carbocycles. The first-order chi connectivity index (χ1) is 6.29. The van der Waals surface area contributed by atoms with E-state index in [1.54, 1.807) is 12.4 Å². The number of pyridine rings is 1. The zero-order valence-electron chi connectivity index (χ0n) is 7.25. The number of aromatic nitrogens is 1. The molecule has 5 nitrogen and oxygen atoms in total. The standard InChI is InChI=1S/C8H10N4O/c1-6-2-3-10-4-7(6)8(5-13)11-12-9/h2-4,8,13H,5H2,1H3. The van der Waals surface area contributed by atoms with Crippen LogP contribution in [0.4, 0.5) is 0 Å². The quantitative estimate of drug-likeness (QED) is 0.434. The Kier molecular flexibility index (Phi) is 3.25. The molecular weight excluding hydrogens is 168 g/mol. The van der Waals surface area contributed by atoms with Crippen molar-refractivity contribution in [3.05, 3.63) is 40.0 Å². The molecule has 0 aromatic carbocycles. The van der Waals surface area contributed by atoms with E-state index >= 15 is 0 Å². The van der Waals surface area contributed by atoms with Gasteiger partial charge in [0.05, 0.1) is 12.6 Å². The van der Waals surface area contributed by atoms with Crippen LogP contribution in [0.2, 0.25) is 0 Å². The maximum absolute atomic E-state index is 8.94. The van der Waals surface area contributed by atoms with Gasteiger partial charge in [-0.25, -0.2) is 0 Å². The Morgan fingerprint density at radius 2 is 2.54 bits per heavy atom. The van der Waals surface area contributed by atoms with Crippen molar-refractivity contribution in [2.45, 2.75) is 13.0 Å². The maximum Gasteiger partial charge on any atom is 0.0873 e. The van der Waals surface area contributed by atoms with E-state index in [2.05, 4.69) is 15.0 Å². The van der Waals surface area contributed by atoms with Crippen LogP contribution in [0, 0.1) is 6.92 Å². The number of hydrogen-bond donors (Lipinski definition) is 1. The number of aliphatic hydroxyl groups excluding tert-OH is 1. The Morgan fingerprint density at radius 1 is 1.77 bits per heavy atom. The summed E-state index contributed by atoms with van der Waals surface area (Å²) in [5, 5.41) is 12.4. The van der Waals surface area contributed by atoms with Crippen LogP contribution in [0.15, 0.2) is 23.6 Å². The van der Waals surface area contributed by atoms with Crippen molar-refractivity contribution in [3.63, 3.8) is 0 Å². The summed E-state index contributed by atoms with van der Waals surface area (Å²) in [6.45, 7) is 1.68. The summed E-state index contributed by atoms with van der Waals surface area (Å²) < 4.78 is 0. The number of aryl methyl sites for hydroxylation is 1. The van der Waals surface area contributed by atoms with E-state index in [0.717, 1.165) is 11.1 Å². The summed E-state index contributed by atoms with van der Waals surface area (Å²) in [4.78, 5) is 6.56. The molecule has 0 saturated carbocycles. The van der Waals surface area contributed by atoms with Gasteiger partial charge in [0, 0.05) is 17.3 Å². The molecule has 1 aromatic rings. The molecule has 0 fully saturated rings. The molecule has 0 radical (unpaired) electrons. The molecule has 0 bridgehead atoms. The monoisotopic (exact) mass is 178 g/mol. The molecule has 1 atom stereocenters. The molecule has 0 saturated heterocycles. The van der Waals surface area contributed by atoms with Gasteiger partial charge in [-0.3, -0.25) is 4.98 Å². The summed E-state index contributed by atoms with van der Waals surface area (Å²) in [6, 6.07) is 1.28. The lowest BCUT2D eigenvalue weighted by atomic mass is 10.1. The molecule has 1 N–H and O–H groups in total. The Morgan fingerprint density at radius 3 is 3.08 bits per heavy atom. The van der Waals surface area contributed by atoms with Crippen molar-refractivity contribution >= 4 is 0 Å². The van der Waals surface area contributed by atoms with Crippen LogP contribution in [-0.2, 0) is 0 Å². The fourth-order valence-electron chi connectivity index (χ4n) is 1.08. The highest BCUT2D eigenvalue weighted by Gasteiger charge is 2.10. The molecular formula is C8H10N4O. The van der Waals surface area contributed by atoms with Crippen LogP contribution in [0.1, 0.15) is 17.2 Å². The van der Waals surface area contributed by atoms with Gasteiger partial charge in [-0.2, -0.15) is 0 Å². The van der Waals surface area contributed by atoms with Crippen LogP contribution in [-0.4, -0.2) is 16.7 Å². The number of rotatable bonds is 3. The average Bonchev–Trinajstić information content (AvgIpc) is 2.16. The fraction of sp³-hybridized carbons (Fsp3) is 0.375. The highest BCUT2D eigenvalue weighted by atomic mass is 16.3. The molecule has 0 aliphatic heterocycles. The second-order valence-corrected chi connectivity index (χ2v) is 2.64. The highest BCUT2D eigenvalue weighted by molar-refractivity contribution is 5.25. The zero-order valence-corrected chi connectivity index (χ0v) is 7.25. The Hall–Kier alpha value is -1.58. The molecule has 5 heteroatoms. The fourth-order valence-corrected chi connectivity index (χ4v) is 1.08. The maximum atomic E-state index is 8.94. The second-order valence-electron chi connectivity index (χ2n) is 2.64. The molecule has 13 heavy (non-hydrogen) atoms. The van der Waals surface area contributed by atoms with E-state index in [9.17, 15) is 0 Å². The molecule has 1 rings (SSSR count). The first-order valence-electron chi connectivity index (χ1n) is 3.85. The highest BCUT2D eigenvalue weighted by Crippen LogP contribution is 2.19. The van der Waals surface area contributed by atoms with Gasteiger partial charge in [0.25, 0.3) is 0 Å². The summed E-state index contributed by atoms with van der Waals surface area (Å²) >= 11 is 0. The first kappa shape index (κ1) is 9.51. The number of aliphatic hydroxyl groups is 1. The number of nitrogens with zero attached hydrogens (tertiary/aromatic N) is 4. The second kappa shape index (κ2) is 4.45. The molecule has 0 spiro atoms. The zero-order chi connectivity index (χ0) is 9.68. The SMILES string of the molecule is Cc1ccncc1C(CO)N=[N+]=[N-]. The van der Waals surface area contributed by atoms with E-state index in [1.165, 1.54) is 0 Å². The van der Waals surface area contributed by atoms with Crippen LogP contribution in [0.5, 0.6) is 0 Å². The van der Waals surface area contributed by atoms with E-state index < -0.39 is 6.04 Å². The van der Waals surface area contributed by atoms with Crippen LogP contribution >= 0.6 is 0 Å². The van der Waals surface area contributed by atoms with Crippen molar-refractivity contribution < 1.29 is 5.11 Å². The van der Waals surface area contributed by atoms with Gasteiger partial charge in [-0.1, -0.05) is 5.11 Å². The Bertz CT molecular complexity index is 333. The van der Waals surface area contributed by atoms with Crippen LogP contribution in [0.3, 0.4) is 0 Å². The molecule has 1 aromatic heterocycles. The summed E-state index contributed by atoms with van der Waals surface area (Å²) in [5.41, 5.74) is 9.97. The van der Waals surface area contributed by atoms with Gasteiger partial charge in [-0.05, 0) is 29.6 Å². The van der Waals surface area contributed by atoms with Crippen LogP contribution < -0.4 is 0 Å². The summed E-state index contributed by atoms with van der Waals surface area (Å²) in [5.74, 6) is 0. The lowest BCUT2D eigenvalue weighted by Gasteiger charge is -2.09. The Balaban J connectivity index is 3.04. The van der Waals surface area contributed by atoms with Crippen molar-refractivity contribution in [1.82, 2.24) is 4.98 Å². The lowest BCUT2D eigenvalue weighted by molar-refractivity contribution is 0.267.